The second-order valence-electron chi connectivity index (χ2n) is 11.7. The minimum absolute atomic E-state index is 0.0946. The van der Waals surface area contributed by atoms with Crippen LogP contribution in [0.1, 0.15) is 94.8 Å². The summed E-state index contributed by atoms with van der Waals surface area (Å²) in [6.45, 7) is 3.12. The number of aliphatic hydroxyl groups is 1. The van der Waals surface area contributed by atoms with Gasteiger partial charge < -0.3 is 14.9 Å². The van der Waals surface area contributed by atoms with Crippen molar-refractivity contribution in [1.82, 2.24) is 20.4 Å². The molecule has 3 N–H and O–H groups in total. The predicted molar refractivity (Wildman–Crippen MR) is 159 cm³/mol. The second kappa shape index (κ2) is 13.5. The van der Waals surface area contributed by atoms with E-state index in [1.165, 1.54) is 5.56 Å². The molecule has 4 aliphatic rings. The molecule has 0 radical (unpaired) electrons. The van der Waals surface area contributed by atoms with E-state index in [-0.39, 0.29) is 49.0 Å². The van der Waals surface area contributed by atoms with Gasteiger partial charge in [0.1, 0.15) is 12.1 Å². The number of rotatable bonds is 8. The molecular weight excluding hydrogens is 564 g/mol. The number of hydrogen-bond acceptors (Lipinski definition) is 7. The summed E-state index contributed by atoms with van der Waals surface area (Å²) in [5.41, 5.74) is 5.38. The van der Waals surface area contributed by atoms with E-state index < -0.39 is 18.0 Å². The Labute approximate surface area is 256 Å². The number of hydrogen-bond donors (Lipinski definition) is 3. The summed E-state index contributed by atoms with van der Waals surface area (Å²) >= 11 is 0. The predicted octanol–water partition coefficient (Wildman–Crippen LogP) is 2.16. The number of nitrogens with zero attached hydrogens (tertiary/aromatic N) is 2. The van der Waals surface area contributed by atoms with Crippen LogP contribution in [0.4, 0.5) is 0 Å². The SMILES string of the molecule is CCCCc1ccc2c(c1)C(=O)N(C1CCC(=O)NC1=O)C2.O=C1CCC(N2Cc3ccc(CCCO)cc3C2=O)C(=O)N1. The molecule has 4 aliphatic heterocycles. The van der Waals surface area contributed by atoms with Crippen molar-refractivity contribution in [2.24, 2.45) is 0 Å². The Morgan fingerprint density at radius 3 is 1.57 bits per heavy atom. The number of nitrogens with one attached hydrogen (secondary N) is 2. The molecule has 44 heavy (non-hydrogen) atoms. The van der Waals surface area contributed by atoms with Crippen molar-refractivity contribution in [2.75, 3.05) is 6.61 Å². The van der Waals surface area contributed by atoms with Crippen molar-refractivity contribution in [3.8, 4) is 0 Å². The normalized spacial score (nSPS) is 21.0. The third kappa shape index (κ3) is 6.57. The molecule has 0 saturated carbocycles. The fourth-order valence-electron chi connectivity index (χ4n) is 6.18. The van der Waals surface area contributed by atoms with Crippen LogP contribution in [-0.2, 0) is 45.1 Å². The van der Waals surface area contributed by atoms with Gasteiger partial charge >= 0.3 is 0 Å². The molecule has 2 saturated heterocycles. The number of carbonyl (C=O) groups is 6. The van der Waals surface area contributed by atoms with Crippen LogP contribution in [0, 0.1) is 0 Å². The topological polar surface area (TPSA) is 153 Å². The van der Waals surface area contributed by atoms with Crippen LogP contribution in [-0.4, -0.2) is 69.0 Å². The molecule has 2 aromatic rings. The molecule has 2 aromatic carbocycles. The lowest BCUT2D eigenvalue weighted by molar-refractivity contribution is -0.138. The number of aliphatic hydroxyl groups excluding tert-OH is 1. The highest BCUT2D eigenvalue weighted by Gasteiger charge is 2.40. The Kier molecular flexibility index (Phi) is 9.53. The quantitative estimate of drug-likeness (QED) is 0.392. The zero-order valence-electron chi connectivity index (χ0n) is 24.9. The van der Waals surface area contributed by atoms with Crippen molar-refractivity contribution >= 4 is 35.4 Å². The first kappa shape index (κ1) is 31.1. The highest BCUT2D eigenvalue weighted by Crippen LogP contribution is 2.30. The molecular formula is C33H38N4O7. The maximum absolute atomic E-state index is 12.6. The monoisotopic (exact) mass is 602 g/mol. The van der Waals surface area contributed by atoms with Gasteiger partial charge in [0.05, 0.1) is 0 Å². The molecule has 0 spiro atoms. The van der Waals surface area contributed by atoms with Crippen molar-refractivity contribution in [3.05, 3.63) is 69.8 Å². The van der Waals surface area contributed by atoms with Gasteiger partial charge in [-0.2, -0.15) is 0 Å². The molecule has 2 fully saturated rings. The molecule has 6 rings (SSSR count). The van der Waals surface area contributed by atoms with E-state index in [0.29, 0.717) is 43.5 Å². The van der Waals surface area contributed by atoms with Crippen LogP contribution in [0.2, 0.25) is 0 Å². The Bertz CT molecular complexity index is 1390. The summed E-state index contributed by atoms with van der Waals surface area (Å²) in [5.74, 6) is -1.54. The Morgan fingerprint density at radius 2 is 1.16 bits per heavy atom. The van der Waals surface area contributed by atoms with Gasteiger partial charge in [-0.15, -0.1) is 0 Å². The van der Waals surface area contributed by atoms with E-state index >= 15 is 0 Å². The molecule has 0 aromatic heterocycles. The van der Waals surface area contributed by atoms with E-state index in [9.17, 15) is 28.8 Å². The maximum Gasteiger partial charge on any atom is 0.255 e. The van der Waals surface area contributed by atoms with Crippen LogP contribution in [0.5, 0.6) is 0 Å². The number of unbranched alkanes of at least 4 members (excludes halogenated alkanes) is 1. The summed E-state index contributed by atoms with van der Waals surface area (Å²) in [6.07, 6.45) is 5.90. The van der Waals surface area contributed by atoms with Gasteiger partial charge in [0, 0.05) is 43.7 Å². The van der Waals surface area contributed by atoms with Crippen molar-refractivity contribution < 1.29 is 33.9 Å². The average Bonchev–Trinajstić information content (AvgIpc) is 3.51. The van der Waals surface area contributed by atoms with E-state index in [2.05, 4.69) is 23.6 Å². The van der Waals surface area contributed by atoms with Crippen LogP contribution >= 0.6 is 0 Å². The lowest BCUT2D eigenvalue weighted by Crippen LogP contribution is -2.52. The van der Waals surface area contributed by atoms with Gasteiger partial charge in [-0.1, -0.05) is 37.6 Å². The van der Waals surface area contributed by atoms with Crippen LogP contribution in [0.25, 0.3) is 0 Å². The second-order valence-corrected chi connectivity index (χ2v) is 11.7. The Balaban J connectivity index is 0.000000175. The molecule has 2 unspecified atom stereocenters. The number of aryl methyl sites for hydroxylation is 2. The molecule has 0 bridgehead atoms. The van der Waals surface area contributed by atoms with E-state index in [0.717, 1.165) is 42.4 Å². The molecule has 0 aliphatic carbocycles. The average molecular weight is 603 g/mol. The summed E-state index contributed by atoms with van der Waals surface area (Å²) < 4.78 is 0. The standard InChI is InChI=1S/C17H20N2O3.C16H18N2O4/c1-2-3-4-11-5-6-12-10-19(17(22)13(12)9-11)14-7-8-15(20)18-16(14)21;19-7-1-2-10-3-4-11-9-18(16(22)12(11)8-10)13-5-6-14(20)17-15(13)21/h5-6,9,14H,2-4,7-8,10H2,1H3,(H,18,20,21);3-4,8,13,19H,1-2,5-7,9H2,(H,17,20,21). The van der Waals surface area contributed by atoms with Crippen LogP contribution in [0.3, 0.4) is 0 Å². The largest absolute Gasteiger partial charge is 0.396 e. The summed E-state index contributed by atoms with van der Waals surface area (Å²) in [5, 5.41) is 13.5. The number of fused-ring (bicyclic) bond motifs is 2. The highest BCUT2D eigenvalue weighted by molar-refractivity contribution is 6.06. The van der Waals surface area contributed by atoms with Crippen LogP contribution in [0.15, 0.2) is 36.4 Å². The fourth-order valence-corrected chi connectivity index (χ4v) is 6.18. The first-order valence-corrected chi connectivity index (χ1v) is 15.3. The van der Waals surface area contributed by atoms with Gasteiger partial charge in [0.15, 0.2) is 0 Å². The van der Waals surface area contributed by atoms with Gasteiger partial charge in [-0.25, -0.2) is 0 Å². The lowest BCUT2D eigenvalue weighted by Gasteiger charge is -2.29. The van der Waals surface area contributed by atoms with Crippen LogP contribution < -0.4 is 10.6 Å². The number of amides is 6. The van der Waals surface area contributed by atoms with Crippen molar-refractivity contribution in [3.63, 3.8) is 0 Å². The first-order chi connectivity index (χ1) is 21.2. The van der Waals surface area contributed by atoms with Gasteiger partial charge in [0.2, 0.25) is 23.6 Å². The smallest absolute Gasteiger partial charge is 0.255 e. The third-order valence-electron chi connectivity index (χ3n) is 8.63. The van der Waals surface area contributed by atoms with E-state index in [1.807, 2.05) is 30.3 Å². The summed E-state index contributed by atoms with van der Waals surface area (Å²) in [6, 6.07) is 10.6. The number of carbonyl (C=O) groups excluding carboxylic acids is 6. The van der Waals surface area contributed by atoms with E-state index in [4.69, 9.17) is 5.11 Å². The minimum Gasteiger partial charge on any atom is -0.396 e. The molecule has 11 heteroatoms. The van der Waals surface area contributed by atoms with Crippen molar-refractivity contribution in [2.45, 2.75) is 89.9 Å². The number of piperidine rings is 2. The molecule has 6 amide bonds. The van der Waals surface area contributed by atoms with Gasteiger partial charge in [0.25, 0.3) is 11.8 Å². The van der Waals surface area contributed by atoms with Crippen molar-refractivity contribution in [1.29, 1.82) is 0 Å². The zero-order valence-corrected chi connectivity index (χ0v) is 24.9. The molecule has 11 nitrogen and oxygen atoms in total. The molecule has 2 atom stereocenters. The van der Waals surface area contributed by atoms with Gasteiger partial charge in [-0.3, -0.25) is 39.4 Å². The van der Waals surface area contributed by atoms with Gasteiger partial charge in [-0.05, 0) is 72.9 Å². The summed E-state index contributed by atoms with van der Waals surface area (Å²) in [7, 11) is 0. The third-order valence-corrected chi connectivity index (χ3v) is 8.63. The zero-order chi connectivity index (χ0) is 31.4. The fraction of sp³-hybridized carbons (Fsp3) is 0.455. The number of imide groups is 2. The minimum atomic E-state index is -0.571. The number of benzene rings is 2. The lowest BCUT2D eigenvalue weighted by atomic mass is 10.0. The first-order valence-electron chi connectivity index (χ1n) is 15.3. The Morgan fingerprint density at radius 1 is 0.705 bits per heavy atom. The molecule has 232 valence electrons. The summed E-state index contributed by atoms with van der Waals surface area (Å²) in [4.78, 5) is 74.7. The maximum atomic E-state index is 12.6. The van der Waals surface area contributed by atoms with E-state index in [1.54, 1.807) is 9.80 Å². The molecule has 4 heterocycles. The Hall–Kier alpha value is -4.38. The highest BCUT2D eigenvalue weighted by atomic mass is 16.3.